The summed E-state index contributed by atoms with van der Waals surface area (Å²) in [5, 5.41) is 6.39. The van der Waals surface area contributed by atoms with Crippen LogP contribution in [0.4, 0.5) is 0 Å². The Bertz CT molecular complexity index is 1090. The lowest BCUT2D eigenvalue weighted by atomic mass is 9.84. The number of nitrogens with zero attached hydrogens (tertiary/aromatic N) is 3. The van der Waals surface area contributed by atoms with Crippen molar-refractivity contribution in [3.05, 3.63) is 11.6 Å². The molecule has 5 atom stereocenters. The monoisotopic (exact) mass is 644 g/mol. The summed E-state index contributed by atoms with van der Waals surface area (Å²) in [6.07, 6.45) is 12.2. The van der Waals surface area contributed by atoms with Gasteiger partial charge >= 0.3 is 0 Å². The molecule has 0 radical (unpaired) electrons. The molecule has 0 aromatic carbocycles. The first-order chi connectivity index (χ1) is 21.5. The number of hydrogen-bond donors (Lipinski definition) is 2. The normalized spacial score (nSPS) is 24.1. The van der Waals surface area contributed by atoms with Gasteiger partial charge in [0.1, 0.15) is 12.1 Å². The van der Waals surface area contributed by atoms with Crippen LogP contribution in [0.5, 0.6) is 0 Å². The minimum absolute atomic E-state index is 0.0248. The third kappa shape index (κ3) is 9.57. The molecule has 2 N–H and O–H groups in total. The molecule has 46 heavy (non-hydrogen) atoms. The van der Waals surface area contributed by atoms with E-state index >= 15 is 0 Å². The minimum atomic E-state index is -0.718. The molecule has 262 valence electrons. The number of rotatable bonds is 11. The van der Waals surface area contributed by atoms with Crippen molar-refractivity contribution in [1.29, 1.82) is 0 Å². The van der Waals surface area contributed by atoms with Crippen molar-refractivity contribution in [3.8, 4) is 0 Å². The fraction of sp³-hybridized carbons (Fsp3) is 0.838. The summed E-state index contributed by atoms with van der Waals surface area (Å²) in [7, 11) is 1.77. The Morgan fingerprint density at radius 2 is 1.37 bits per heavy atom. The highest BCUT2D eigenvalue weighted by molar-refractivity contribution is 5.97. The van der Waals surface area contributed by atoms with Gasteiger partial charge in [0.25, 0.3) is 0 Å². The van der Waals surface area contributed by atoms with E-state index in [1.165, 1.54) is 19.3 Å². The van der Waals surface area contributed by atoms with E-state index in [1.807, 2.05) is 40.7 Å². The molecule has 0 spiro atoms. The molecule has 1 aliphatic carbocycles. The summed E-state index contributed by atoms with van der Waals surface area (Å²) in [6, 6.07) is -1.43. The van der Waals surface area contributed by atoms with Gasteiger partial charge in [0, 0.05) is 31.2 Å². The zero-order valence-electron chi connectivity index (χ0n) is 30.7. The predicted molar refractivity (Wildman–Crippen MR) is 185 cm³/mol. The van der Waals surface area contributed by atoms with Crippen molar-refractivity contribution in [1.82, 2.24) is 25.3 Å². The maximum atomic E-state index is 14.2. The van der Waals surface area contributed by atoms with E-state index in [9.17, 15) is 19.2 Å². The number of carbonyl (C=O) groups excluding carboxylic acids is 4. The second kappa shape index (κ2) is 16.6. The van der Waals surface area contributed by atoms with E-state index in [1.54, 1.807) is 23.8 Å². The first-order valence-corrected chi connectivity index (χ1v) is 18.2. The Balaban J connectivity index is 1.74. The first-order valence-electron chi connectivity index (χ1n) is 18.2. The number of likely N-dealkylation sites (tertiary alicyclic amines) is 2. The largest absolute Gasteiger partial charge is 0.352 e. The fourth-order valence-corrected chi connectivity index (χ4v) is 7.75. The van der Waals surface area contributed by atoms with E-state index < -0.39 is 17.5 Å². The smallest absolute Gasteiger partial charge is 0.249 e. The van der Waals surface area contributed by atoms with Crippen molar-refractivity contribution < 1.29 is 19.2 Å². The first kappa shape index (κ1) is 38.0. The van der Waals surface area contributed by atoms with Crippen LogP contribution < -0.4 is 10.6 Å². The van der Waals surface area contributed by atoms with Crippen LogP contribution in [0.1, 0.15) is 127 Å². The molecule has 0 unspecified atom stereocenters. The summed E-state index contributed by atoms with van der Waals surface area (Å²) < 4.78 is 0. The van der Waals surface area contributed by atoms with Gasteiger partial charge in [-0.15, -0.1) is 0 Å². The molecule has 0 aromatic rings. The van der Waals surface area contributed by atoms with Crippen molar-refractivity contribution in [2.24, 2.45) is 17.3 Å². The highest BCUT2D eigenvalue weighted by atomic mass is 16.2. The van der Waals surface area contributed by atoms with E-state index in [2.05, 4.69) is 36.3 Å². The Hall–Kier alpha value is -2.42. The molecular formula is C37H65N5O4. The molecule has 2 heterocycles. The summed E-state index contributed by atoms with van der Waals surface area (Å²) in [6.45, 7) is 19.6. The molecular weight excluding hydrogens is 578 g/mol. The molecule has 0 bridgehead atoms. The number of hydrogen-bond acceptors (Lipinski definition) is 5. The van der Waals surface area contributed by atoms with Gasteiger partial charge < -0.3 is 20.4 Å². The summed E-state index contributed by atoms with van der Waals surface area (Å²) >= 11 is 0. The molecule has 2 aliphatic heterocycles. The molecule has 2 saturated heterocycles. The lowest BCUT2D eigenvalue weighted by Crippen LogP contribution is -2.60. The number of carbonyl (C=O) groups is 4. The molecule has 1 saturated carbocycles. The zero-order chi connectivity index (χ0) is 34.3. The summed E-state index contributed by atoms with van der Waals surface area (Å²) in [4.78, 5) is 60.7. The van der Waals surface area contributed by atoms with E-state index in [4.69, 9.17) is 0 Å². The van der Waals surface area contributed by atoms with Gasteiger partial charge in [-0.1, -0.05) is 66.4 Å². The van der Waals surface area contributed by atoms with Crippen LogP contribution in [0.15, 0.2) is 11.6 Å². The number of amides is 4. The maximum absolute atomic E-state index is 14.2. The second-order valence-electron chi connectivity index (χ2n) is 16.0. The van der Waals surface area contributed by atoms with Crippen LogP contribution in [0, 0.1) is 17.3 Å². The van der Waals surface area contributed by atoms with E-state index in [-0.39, 0.29) is 53.7 Å². The van der Waals surface area contributed by atoms with E-state index in [0.29, 0.717) is 24.5 Å². The predicted octanol–water partition coefficient (Wildman–Crippen LogP) is 5.29. The molecule has 9 heteroatoms. The van der Waals surface area contributed by atoms with Crippen LogP contribution in [0.2, 0.25) is 0 Å². The van der Waals surface area contributed by atoms with Gasteiger partial charge in [-0.25, -0.2) is 0 Å². The van der Waals surface area contributed by atoms with Gasteiger partial charge in [-0.2, -0.15) is 0 Å². The topological polar surface area (TPSA) is 102 Å². The van der Waals surface area contributed by atoms with Crippen molar-refractivity contribution in [2.75, 3.05) is 20.1 Å². The molecule has 0 aromatic heterocycles. The Kier molecular flexibility index (Phi) is 13.7. The van der Waals surface area contributed by atoms with Gasteiger partial charge in [0.15, 0.2) is 0 Å². The molecule has 4 amide bonds. The number of nitrogens with one attached hydrogen (secondary N) is 2. The number of piperidine rings is 1. The van der Waals surface area contributed by atoms with Gasteiger partial charge in [-0.3, -0.25) is 24.1 Å². The Morgan fingerprint density at radius 3 is 1.96 bits per heavy atom. The van der Waals surface area contributed by atoms with Crippen LogP contribution in [0.3, 0.4) is 0 Å². The van der Waals surface area contributed by atoms with Crippen LogP contribution in [-0.2, 0) is 19.2 Å². The quantitative estimate of drug-likeness (QED) is 0.298. The van der Waals surface area contributed by atoms with Crippen LogP contribution in [-0.4, -0.2) is 94.7 Å². The Morgan fingerprint density at radius 1 is 0.783 bits per heavy atom. The highest BCUT2D eigenvalue weighted by Gasteiger charge is 2.41. The zero-order valence-corrected chi connectivity index (χ0v) is 30.7. The van der Waals surface area contributed by atoms with E-state index in [0.717, 1.165) is 45.1 Å². The lowest BCUT2D eigenvalue weighted by Gasteiger charge is -2.41. The number of likely N-dealkylation sites (N-methyl/N-ethyl adjacent to an activating group) is 1. The molecule has 9 nitrogen and oxygen atoms in total. The van der Waals surface area contributed by atoms with Crippen LogP contribution >= 0.6 is 0 Å². The third-order valence-corrected chi connectivity index (χ3v) is 10.7. The van der Waals surface area contributed by atoms with Gasteiger partial charge in [-0.05, 0) is 90.0 Å². The molecule has 3 rings (SSSR count). The second-order valence-corrected chi connectivity index (χ2v) is 16.0. The minimum Gasteiger partial charge on any atom is -0.352 e. The van der Waals surface area contributed by atoms with Crippen molar-refractivity contribution in [2.45, 2.75) is 163 Å². The van der Waals surface area contributed by atoms with Gasteiger partial charge in [0.2, 0.25) is 23.6 Å². The third-order valence-electron chi connectivity index (χ3n) is 10.7. The van der Waals surface area contributed by atoms with Crippen molar-refractivity contribution >= 4 is 23.6 Å². The molecule has 3 aliphatic rings. The molecule has 3 fully saturated rings. The maximum Gasteiger partial charge on any atom is 0.249 e. The summed E-state index contributed by atoms with van der Waals surface area (Å²) in [5.74, 6) is 0.0656. The Labute approximate surface area is 279 Å². The average Bonchev–Trinajstić information content (AvgIpc) is 3.51. The van der Waals surface area contributed by atoms with Crippen LogP contribution in [0.25, 0.3) is 0 Å². The van der Waals surface area contributed by atoms with Crippen molar-refractivity contribution in [3.63, 3.8) is 0 Å². The average molecular weight is 644 g/mol. The lowest BCUT2D eigenvalue weighted by molar-refractivity contribution is -0.142. The van der Waals surface area contributed by atoms with Gasteiger partial charge in [0.05, 0.1) is 12.1 Å². The fourth-order valence-electron chi connectivity index (χ4n) is 7.75. The highest BCUT2D eigenvalue weighted by Crippen LogP contribution is 2.29. The summed E-state index contributed by atoms with van der Waals surface area (Å²) in [5.41, 5.74) is 0.0174. The SMILES string of the molecule is C/C(=C\[C@H](C(C)C)N(C)C(=O)[C@@H](NC(=O)[C@H]1CCCCN1C(C)C)C(C)(C)C)C(=O)N1CCC[C@H]1C(=O)N[C@H](C)C1CCCCC1. The standard InChI is InChI=1S/C37H65N5O4/c1-24(2)31(40(10)36(46)32(37(7,8)9)39-34(44)29-19-14-15-21-41(29)25(3)4)23-26(5)35(45)42-22-16-20-30(42)33(43)38-27(6)28-17-12-11-13-18-28/h23-25,27-32H,11-22H2,1-10H3,(H,38,43)(H,39,44)/b26-23+/t27-,29-,30+,31-,32-/m1/s1.